The zero-order chi connectivity index (χ0) is 17.3. The molecule has 2 aliphatic heterocycles. The van der Waals surface area contributed by atoms with Gasteiger partial charge in [0.05, 0.1) is 0 Å². The lowest BCUT2D eigenvalue weighted by Crippen LogP contribution is -2.45. The van der Waals surface area contributed by atoms with Crippen LogP contribution in [-0.4, -0.2) is 55.8 Å². The number of sulfonamides is 1. The average molecular weight is 372 g/mol. The Morgan fingerprint density at radius 1 is 1.29 bits per heavy atom. The molecule has 2 fully saturated rings. The van der Waals surface area contributed by atoms with Gasteiger partial charge in [0.25, 0.3) is 5.91 Å². The zero-order valence-electron chi connectivity index (χ0n) is 14.0. The molecular weight excluding hydrogens is 346 g/mol. The van der Waals surface area contributed by atoms with Gasteiger partial charge < -0.3 is 10.6 Å². The van der Waals surface area contributed by atoms with E-state index in [1.807, 2.05) is 6.92 Å². The molecule has 2 aliphatic rings. The molecule has 0 saturated carbocycles. The second kappa shape index (κ2) is 7.11. The molecule has 1 aromatic rings. The molecule has 1 aromatic heterocycles. The van der Waals surface area contributed by atoms with E-state index in [2.05, 4.69) is 0 Å². The highest BCUT2D eigenvalue weighted by Gasteiger charge is 2.34. The third-order valence-corrected chi connectivity index (χ3v) is 7.97. The van der Waals surface area contributed by atoms with Gasteiger partial charge in [-0.3, -0.25) is 4.79 Å². The highest BCUT2D eigenvalue weighted by atomic mass is 32.2. The number of rotatable bonds is 4. The highest BCUT2D eigenvalue weighted by molar-refractivity contribution is 7.89. The van der Waals surface area contributed by atoms with Crippen molar-refractivity contribution in [2.75, 3.05) is 26.2 Å². The maximum atomic E-state index is 12.9. The minimum absolute atomic E-state index is 0.0386. The summed E-state index contributed by atoms with van der Waals surface area (Å²) in [4.78, 5) is 15.2. The smallest absolute Gasteiger partial charge is 0.265 e. The zero-order valence-corrected chi connectivity index (χ0v) is 15.6. The Morgan fingerprint density at radius 2 is 2.00 bits per heavy atom. The standard InChI is InChI=1S/C16H25N3O3S2/c1-12(17)13-5-4-7-18(11-13)16(20)15-14(6-10-23-15)24(21,22)19-8-2-3-9-19/h6,10,12-13H,2-5,7-9,11,17H2,1H3. The lowest BCUT2D eigenvalue weighted by Gasteiger charge is -2.34. The second-order valence-electron chi connectivity index (χ2n) is 6.74. The third kappa shape index (κ3) is 3.37. The monoisotopic (exact) mass is 371 g/mol. The first-order chi connectivity index (χ1) is 11.4. The fraction of sp³-hybridized carbons (Fsp3) is 0.688. The minimum atomic E-state index is -3.57. The number of hydrogen-bond donors (Lipinski definition) is 1. The minimum Gasteiger partial charge on any atom is -0.338 e. The Morgan fingerprint density at radius 3 is 2.67 bits per heavy atom. The number of thiophene rings is 1. The number of likely N-dealkylation sites (tertiary alicyclic amines) is 1. The summed E-state index contributed by atoms with van der Waals surface area (Å²) in [5, 5.41) is 1.70. The summed E-state index contributed by atoms with van der Waals surface area (Å²) in [7, 11) is -3.57. The molecule has 2 unspecified atom stereocenters. The van der Waals surface area contributed by atoms with Crippen LogP contribution in [0.5, 0.6) is 0 Å². The second-order valence-corrected chi connectivity index (χ2v) is 9.56. The SMILES string of the molecule is CC(N)C1CCCN(C(=O)c2sccc2S(=O)(=O)N2CCCC2)C1. The van der Waals surface area contributed by atoms with Gasteiger partial charge in [-0.1, -0.05) is 0 Å². The van der Waals surface area contributed by atoms with Crippen molar-refractivity contribution in [2.45, 2.75) is 43.5 Å². The van der Waals surface area contributed by atoms with E-state index >= 15 is 0 Å². The fourth-order valence-electron chi connectivity index (χ4n) is 3.49. The van der Waals surface area contributed by atoms with E-state index in [1.54, 1.807) is 16.3 Å². The van der Waals surface area contributed by atoms with Crippen molar-refractivity contribution >= 4 is 27.3 Å². The Kier molecular flexibility index (Phi) is 5.29. The normalized spacial score (nSPS) is 24.2. The summed E-state index contributed by atoms with van der Waals surface area (Å²) in [5.74, 6) is 0.106. The number of carbonyl (C=O) groups is 1. The molecule has 0 spiro atoms. The lowest BCUT2D eigenvalue weighted by molar-refractivity contribution is 0.0662. The van der Waals surface area contributed by atoms with Crippen molar-refractivity contribution in [3.05, 3.63) is 16.3 Å². The molecule has 0 bridgehead atoms. The summed E-state index contributed by atoms with van der Waals surface area (Å²) < 4.78 is 27.1. The Hall–Kier alpha value is -0.960. The van der Waals surface area contributed by atoms with Crippen LogP contribution in [0.2, 0.25) is 0 Å². The number of nitrogens with two attached hydrogens (primary N) is 1. The number of piperidine rings is 1. The van der Waals surface area contributed by atoms with Gasteiger partial charge in [-0.15, -0.1) is 11.3 Å². The first kappa shape index (κ1) is 17.8. The molecule has 24 heavy (non-hydrogen) atoms. The lowest BCUT2D eigenvalue weighted by atomic mass is 9.92. The van der Waals surface area contributed by atoms with Gasteiger partial charge in [-0.05, 0) is 50.0 Å². The average Bonchev–Trinajstić information content (AvgIpc) is 3.26. The van der Waals surface area contributed by atoms with E-state index in [9.17, 15) is 13.2 Å². The van der Waals surface area contributed by atoms with Gasteiger partial charge in [0, 0.05) is 32.2 Å². The molecule has 3 rings (SSSR count). The largest absolute Gasteiger partial charge is 0.338 e. The van der Waals surface area contributed by atoms with Crippen LogP contribution in [0.15, 0.2) is 16.3 Å². The van der Waals surface area contributed by atoms with E-state index < -0.39 is 10.0 Å². The summed E-state index contributed by atoms with van der Waals surface area (Å²) in [6.45, 7) is 4.33. The Labute approximate surface area is 147 Å². The van der Waals surface area contributed by atoms with Crippen molar-refractivity contribution in [1.29, 1.82) is 0 Å². The van der Waals surface area contributed by atoms with Gasteiger partial charge in [0.2, 0.25) is 10.0 Å². The molecule has 0 aromatic carbocycles. The predicted octanol–water partition coefficient (Wildman–Crippen LogP) is 1.73. The molecule has 2 atom stereocenters. The fourth-order valence-corrected chi connectivity index (χ4v) is 6.37. The molecule has 3 heterocycles. The van der Waals surface area contributed by atoms with Crippen LogP contribution in [0, 0.1) is 5.92 Å². The molecule has 8 heteroatoms. The van der Waals surface area contributed by atoms with Crippen LogP contribution in [0.25, 0.3) is 0 Å². The van der Waals surface area contributed by atoms with Gasteiger partial charge in [-0.2, -0.15) is 4.31 Å². The number of amides is 1. The number of nitrogens with zero attached hydrogens (tertiary/aromatic N) is 2. The van der Waals surface area contributed by atoms with E-state index in [0.717, 1.165) is 25.7 Å². The highest BCUT2D eigenvalue weighted by Crippen LogP contribution is 2.30. The predicted molar refractivity (Wildman–Crippen MR) is 94.6 cm³/mol. The van der Waals surface area contributed by atoms with Gasteiger partial charge in [0.1, 0.15) is 9.77 Å². The van der Waals surface area contributed by atoms with Crippen molar-refractivity contribution in [2.24, 2.45) is 11.7 Å². The van der Waals surface area contributed by atoms with Gasteiger partial charge >= 0.3 is 0 Å². The number of hydrogen-bond acceptors (Lipinski definition) is 5. The maximum Gasteiger partial charge on any atom is 0.265 e. The molecule has 0 radical (unpaired) electrons. The molecule has 1 amide bonds. The molecule has 2 saturated heterocycles. The van der Waals surface area contributed by atoms with Crippen LogP contribution in [0.1, 0.15) is 42.3 Å². The first-order valence-corrected chi connectivity index (χ1v) is 10.9. The van der Waals surface area contributed by atoms with Crippen molar-refractivity contribution in [3.63, 3.8) is 0 Å². The van der Waals surface area contributed by atoms with E-state index in [1.165, 1.54) is 15.6 Å². The van der Waals surface area contributed by atoms with E-state index in [4.69, 9.17) is 5.73 Å². The maximum absolute atomic E-state index is 12.9. The van der Waals surface area contributed by atoms with Crippen LogP contribution >= 0.6 is 11.3 Å². The molecule has 6 nitrogen and oxygen atoms in total. The molecular formula is C16H25N3O3S2. The van der Waals surface area contributed by atoms with Crippen LogP contribution in [0.3, 0.4) is 0 Å². The summed E-state index contributed by atoms with van der Waals surface area (Å²) in [6, 6.07) is 1.61. The summed E-state index contributed by atoms with van der Waals surface area (Å²) in [6.07, 6.45) is 3.70. The quantitative estimate of drug-likeness (QED) is 0.874. The van der Waals surface area contributed by atoms with Crippen molar-refractivity contribution < 1.29 is 13.2 Å². The molecule has 0 aliphatic carbocycles. The third-order valence-electron chi connectivity index (χ3n) is 4.99. The van der Waals surface area contributed by atoms with Crippen LogP contribution < -0.4 is 5.73 Å². The topological polar surface area (TPSA) is 83.7 Å². The number of carbonyl (C=O) groups excluding carboxylic acids is 1. The summed E-state index contributed by atoms with van der Waals surface area (Å²) >= 11 is 1.22. The van der Waals surface area contributed by atoms with E-state index in [-0.39, 0.29) is 22.8 Å². The van der Waals surface area contributed by atoms with Crippen LogP contribution in [-0.2, 0) is 10.0 Å². The Bertz CT molecular complexity index is 693. The first-order valence-electron chi connectivity index (χ1n) is 8.54. The molecule has 2 N–H and O–H groups in total. The molecule has 134 valence electrons. The van der Waals surface area contributed by atoms with Crippen LogP contribution in [0.4, 0.5) is 0 Å². The Balaban J connectivity index is 1.83. The van der Waals surface area contributed by atoms with Gasteiger partial charge in [0.15, 0.2) is 0 Å². The van der Waals surface area contributed by atoms with E-state index in [0.29, 0.717) is 31.1 Å². The van der Waals surface area contributed by atoms with Crippen molar-refractivity contribution in [3.8, 4) is 0 Å². The summed E-state index contributed by atoms with van der Waals surface area (Å²) in [5.41, 5.74) is 5.99. The van der Waals surface area contributed by atoms with Gasteiger partial charge in [-0.25, -0.2) is 8.42 Å². The van der Waals surface area contributed by atoms with Crippen molar-refractivity contribution in [1.82, 2.24) is 9.21 Å².